The van der Waals surface area contributed by atoms with Crippen molar-refractivity contribution >= 4 is 27.5 Å². The molecule has 92 valence electrons. The molecular formula is C10H13BrClN5. The lowest BCUT2D eigenvalue weighted by Gasteiger charge is -2.01. The molecule has 0 bridgehead atoms. The Morgan fingerprint density at radius 3 is 2.82 bits per heavy atom. The van der Waals surface area contributed by atoms with Gasteiger partial charge in [-0.1, -0.05) is 32.7 Å². The summed E-state index contributed by atoms with van der Waals surface area (Å²) in [4.78, 5) is 0. The minimum atomic E-state index is 0.589. The average Bonchev–Trinajstić information content (AvgIpc) is 2.81. The van der Waals surface area contributed by atoms with Gasteiger partial charge in [0.15, 0.2) is 0 Å². The van der Waals surface area contributed by atoms with Gasteiger partial charge in [-0.3, -0.25) is 4.68 Å². The molecule has 5 nitrogen and oxygen atoms in total. The Morgan fingerprint density at radius 2 is 2.24 bits per heavy atom. The van der Waals surface area contributed by atoms with Crippen molar-refractivity contribution in [2.45, 2.75) is 19.9 Å². The van der Waals surface area contributed by atoms with Crippen molar-refractivity contribution in [3.8, 4) is 0 Å². The monoisotopic (exact) mass is 317 g/mol. The van der Waals surface area contributed by atoms with Gasteiger partial charge in [0.25, 0.3) is 0 Å². The van der Waals surface area contributed by atoms with Gasteiger partial charge in [-0.25, -0.2) is 4.68 Å². The third kappa shape index (κ3) is 2.69. The number of halogens is 2. The summed E-state index contributed by atoms with van der Waals surface area (Å²) in [6.07, 6.45) is 2.80. The van der Waals surface area contributed by atoms with Crippen LogP contribution in [0.4, 0.5) is 0 Å². The lowest BCUT2D eigenvalue weighted by Crippen LogP contribution is -2.06. The van der Waals surface area contributed by atoms with Crippen molar-refractivity contribution < 1.29 is 0 Å². The van der Waals surface area contributed by atoms with Crippen molar-refractivity contribution in [1.29, 1.82) is 0 Å². The summed E-state index contributed by atoms with van der Waals surface area (Å²) >= 11 is 9.56. The van der Waals surface area contributed by atoms with E-state index in [9.17, 15) is 0 Å². The fourth-order valence-corrected chi connectivity index (χ4v) is 2.26. The van der Waals surface area contributed by atoms with Crippen molar-refractivity contribution in [2.75, 3.05) is 5.33 Å². The number of aromatic nitrogens is 5. The average molecular weight is 319 g/mol. The van der Waals surface area contributed by atoms with E-state index in [-0.39, 0.29) is 0 Å². The molecule has 0 aliphatic carbocycles. The number of aryl methyl sites for hydroxylation is 3. The Hall–Kier alpha value is -0.880. The van der Waals surface area contributed by atoms with Gasteiger partial charge in [0.2, 0.25) is 0 Å². The Bertz CT molecular complexity index is 519. The first-order valence-electron chi connectivity index (χ1n) is 5.24. The molecule has 0 saturated carbocycles. The second kappa shape index (κ2) is 5.18. The summed E-state index contributed by atoms with van der Waals surface area (Å²) in [5.74, 6) is 0. The molecule has 7 heteroatoms. The molecule has 0 saturated heterocycles. The van der Waals surface area contributed by atoms with E-state index in [0.717, 1.165) is 28.8 Å². The van der Waals surface area contributed by atoms with Crippen LogP contribution in [-0.4, -0.2) is 30.1 Å². The third-order valence-electron chi connectivity index (χ3n) is 2.51. The molecule has 0 N–H and O–H groups in total. The number of hydrogen-bond acceptors (Lipinski definition) is 3. The lowest BCUT2D eigenvalue weighted by molar-refractivity contribution is 0.599. The van der Waals surface area contributed by atoms with E-state index in [4.69, 9.17) is 11.6 Å². The highest BCUT2D eigenvalue weighted by molar-refractivity contribution is 9.09. The molecule has 2 aromatic heterocycles. The van der Waals surface area contributed by atoms with E-state index in [1.54, 1.807) is 9.36 Å². The van der Waals surface area contributed by atoms with Crippen LogP contribution in [0.15, 0.2) is 6.20 Å². The first-order valence-corrected chi connectivity index (χ1v) is 6.74. The molecule has 0 amide bonds. The fourth-order valence-electron chi connectivity index (χ4n) is 1.63. The van der Waals surface area contributed by atoms with Gasteiger partial charge in [0, 0.05) is 25.0 Å². The molecule has 2 aromatic rings. The maximum absolute atomic E-state index is 6.18. The highest BCUT2D eigenvalue weighted by atomic mass is 79.9. The first kappa shape index (κ1) is 12.6. The van der Waals surface area contributed by atoms with Gasteiger partial charge in [-0.15, -0.1) is 5.10 Å². The summed E-state index contributed by atoms with van der Waals surface area (Å²) in [7, 11) is 1.88. The molecule has 0 aliphatic heterocycles. The molecular weight excluding hydrogens is 306 g/mol. The molecule has 17 heavy (non-hydrogen) atoms. The summed E-state index contributed by atoms with van der Waals surface area (Å²) in [6.45, 7) is 2.48. The molecule has 0 atom stereocenters. The number of hydrogen-bond donors (Lipinski definition) is 0. The molecule has 2 rings (SSSR count). The smallest absolute Gasteiger partial charge is 0.0866 e. The van der Waals surface area contributed by atoms with Crippen LogP contribution < -0.4 is 0 Å². The van der Waals surface area contributed by atoms with Crippen LogP contribution in [0.1, 0.15) is 17.1 Å². The van der Waals surface area contributed by atoms with Crippen LogP contribution in [0, 0.1) is 6.92 Å². The molecule has 0 aliphatic rings. The van der Waals surface area contributed by atoms with Gasteiger partial charge in [0.05, 0.1) is 28.6 Å². The minimum absolute atomic E-state index is 0.589. The Kier molecular flexibility index (Phi) is 3.83. The van der Waals surface area contributed by atoms with E-state index < -0.39 is 0 Å². The third-order valence-corrected chi connectivity index (χ3v) is 3.40. The van der Waals surface area contributed by atoms with Crippen LogP contribution in [0.3, 0.4) is 0 Å². The number of nitrogens with zero attached hydrogens (tertiary/aromatic N) is 5. The van der Waals surface area contributed by atoms with Crippen LogP contribution in [0.2, 0.25) is 5.02 Å². The van der Waals surface area contributed by atoms with E-state index in [2.05, 4.69) is 31.3 Å². The van der Waals surface area contributed by atoms with Gasteiger partial charge >= 0.3 is 0 Å². The second-order valence-electron chi connectivity index (χ2n) is 3.82. The maximum atomic E-state index is 6.18. The topological polar surface area (TPSA) is 48.5 Å². The summed E-state index contributed by atoms with van der Waals surface area (Å²) in [5, 5.41) is 14.0. The highest BCUT2D eigenvalue weighted by Crippen LogP contribution is 2.19. The van der Waals surface area contributed by atoms with Crippen LogP contribution >= 0.6 is 27.5 Å². The zero-order chi connectivity index (χ0) is 12.4. The van der Waals surface area contributed by atoms with Gasteiger partial charge in [-0.2, -0.15) is 5.10 Å². The van der Waals surface area contributed by atoms with Crippen molar-refractivity contribution in [3.63, 3.8) is 0 Å². The lowest BCUT2D eigenvalue weighted by atomic mass is 10.3. The quantitative estimate of drug-likeness (QED) is 0.810. The minimum Gasteiger partial charge on any atom is -0.269 e. The van der Waals surface area contributed by atoms with Gasteiger partial charge in [-0.05, 0) is 6.92 Å². The fraction of sp³-hybridized carbons (Fsp3) is 0.500. The first-order chi connectivity index (χ1) is 8.11. The van der Waals surface area contributed by atoms with E-state index in [0.29, 0.717) is 11.6 Å². The van der Waals surface area contributed by atoms with E-state index in [1.165, 1.54) is 0 Å². The molecule has 0 radical (unpaired) electrons. The zero-order valence-corrected chi connectivity index (χ0v) is 12.0. The van der Waals surface area contributed by atoms with Crippen LogP contribution in [0.25, 0.3) is 0 Å². The van der Waals surface area contributed by atoms with Crippen LogP contribution in [0.5, 0.6) is 0 Å². The standard InChI is InChI=1S/C10H13BrClN5/c1-7-10(12)9(16(2)14-7)6-17-5-8(3-4-11)13-15-17/h5H,3-4,6H2,1-2H3. The number of rotatable bonds is 4. The zero-order valence-electron chi connectivity index (χ0n) is 9.69. The second-order valence-corrected chi connectivity index (χ2v) is 4.99. The molecule has 0 aromatic carbocycles. The highest BCUT2D eigenvalue weighted by Gasteiger charge is 2.12. The van der Waals surface area contributed by atoms with E-state index in [1.807, 2.05) is 20.2 Å². The van der Waals surface area contributed by atoms with Crippen LogP contribution in [-0.2, 0) is 20.0 Å². The summed E-state index contributed by atoms with van der Waals surface area (Å²) in [6, 6.07) is 0. The maximum Gasteiger partial charge on any atom is 0.0866 e. The molecule has 0 fully saturated rings. The van der Waals surface area contributed by atoms with Crippen molar-refractivity contribution in [1.82, 2.24) is 24.8 Å². The predicted molar refractivity (Wildman–Crippen MR) is 69.6 cm³/mol. The van der Waals surface area contributed by atoms with Gasteiger partial charge in [0.1, 0.15) is 0 Å². The number of alkyl halides is 1. The Morgan fingerprint density at radius 1 is 1.47 bits per heavy atom. The molecule has 0 spiro atoms. The summed E-state index contributed by atoms with van der Waals surface area (Å²) < 4.78 is 3.56. The van der Waals surface area contributed by atoms with Gasteiger partial charge < -0.3 is 0 Å². The SMILES string of the molecule is Cc1nn(C)c(Cn2cc(CCBr)nn2)c1Cl. The Balaban J connectivity index is 2.19. The predicted octanol–water partition coefficient (Wildman–Crippen LogP) is 1.96. The molecule has 0 unspecified atom stereocenters. The Labute approximate surface area is 113 Å². The van der Waals surface area contributed by atoms with Crippen molar-refractivity contribution in [2.24, 2.45) is 7.05 Å². The van der Waals surface area contributed by atoms with E-state index >= 15 is 0 Å². The largest absolute Gasteiger partial charge is 0.269 e. The normalized spacial score (nSPS) is 11.1. The molecule has 2 heterocycles. The van der Waals surface area contributed by atoms with Crippen molar-refractivity contribution in [3.05, 3.63) is 28.3 Å². The summed E-state index contributed by atoms with van der Waals surface area (Å²) in [5.41, 5.74) is 2.75.